The van der Waals surface area contributed by atoms with Crippen molar-refractivity contribution in [2.75, 3.05) is 7.11 Å². The topological polar surface area (TPSA) is 53.1 Å². The smallest absolute Gasteiger partial charge is 0.125 e. The maximum Gasteiger partial charge on any atom is 0.125 e. The summed E-state index contributed by atoms with van der Waals surface area (Å²) in [6.45, 7) is 1.96. The van der Waals surface area contributed by atoms with Crippen molar-refractivity contribution in [3.8, 4) is 11.4 Å². The first kappa shape index (κ1) is 12.2. The van der Waals surface area contributed by atoms with Crippen molar-refractivity contribution in [3.05, 3.63) is 41.7 Å². The van der Waals surface area contributed by atoms with Gasteiger partial charge in [-0.05, 0) is 38.0 Å². The van der Waals surface area contributed by atoms with Gasteiger partial charge in [0, 0.05) is 23.7 Å². The molecule has 100 valence electrons. The Hall–Kier alpha value is -1.81. The molecule has 1 aromatic carbocycles. The Morgan fingerprint density at radius 3 is 2.79 bits per heavy atom. The molecule has 1 aromatic heterocycles. The van der Waals surface area contributed by atoms with Crippen LogP contribution in [0.2, 0.25) is 0 Å². The van der Waals surface area contributed by atoms with Crippen molar-refractivity contribution in [2.24, 2.45) is 5.73 Å². The Kier molecular flexibility index (Phi) is 3.03. The number of aromatic nitrogens is 2. The van der Waals surface area contributed by atoms with E-state index >= 15 is 0 Å². The Morgan fingerprint density at radius 1 is 1.37 bits per heavy atom. The summed E-state index contributed by atoms with van der Waals surface area (Å²) in [7, 11) is 1.67. The molecule has 1 fully saturated rings. The molecule has 1 unspecified atom stereocenters. The van der Waals surface area contributed by atoms with Crippen LogP contribution in [-0.4, -0.2) is 16.9 Å². The van der Waals surface area contributed by atoms with E-state index in [1.54, 1.807) is 7.11 Å². The lowest BCUT2D eigenvalue weighted by Gasteiger charge is -2.16. The molecule has 0 bridgehead atoms. The first-order valence-electron chi connectivity index (χ1n) is 6.69. The minimum atomic E-state index is -0.0975. The van der Waals surface area contributed by atoms with Gasteiger partial charge in [0.2, 0.25) is 0 Å². The molecule has 4 heteroatoms. The second-order valence-corrected chi connectivity index (χ2v) is 5.14. The van der Waals surface area contributed by atoms with Gasteiger partial charge in [0.25, 0.3) is 0 Å². The summed E-state index contributed by atoms with van der Waals surface area (Å²) in [5.41, 5.74) is 9.26. The van der Waals surface area contributed by atoms with Crippen LogP contribution in [0.15, 0.2) is 30.5 Å². The van der Waals surface area contributed by atoms with Crippen LogP contribution in [0.25, 0.3) is 5.69 Å². The van der Waals surface area contributed by atoms with Gasteiger partial charge in [-0.25, -0.2) is 4.68 Å². The highest BCUT2D eigenvalue weighted by molar-refractivity contribution is 5.51. The lowest BCUT2D eigenvalue weighted by atomic mass is 10.1. The van der Waals surface area contributed by atoms with Crippen LogP contribution in [0, 0.1) is 0 Å². The van der Waals surface area contributed by atoms with Crippen molar-refractivity contribution >= 4 is 0 Å². The molecule has 0 spiro atoms. The van der Waals surface area contributed by atoms with Gasteiger partial charge in [-0.2, -0.15) is 5.10 Å². The largest absolute Gasteiger partial charge is 0.496 e. The van der Waals surface area contributed by atoms with Crippen molar-refractivity contribution in [1.82, 2.24) is 9.78 Å². The molecule has 4 nitrogen and oxygen atoms in total. The van der Waals surface area contributed by atoms with Crippen molar-refractivity contribution in [2.45, 2.75) is 31.7 Å². The predicted octanol–water partition coefficient (Wildman–Crippen LogP) is 2.78. The fourth-order valence-corrected chi connectivity index (χ4v) is 2.44. The Labute approximate surface area is 113 Å². The SMILES string of the molecule is COc1cccc(-n2ccc(C3CC3)n2)c1C(C)N. The van der Waals surface area contributed by atoms with Gasteiger partial charge in [-0.15, -0.1) is 0 Å². The quantitative estimate of drug-likeness (QED) is 0.916. The van der Waals surface area contributed by atoms with Crippen LogP contribution in [0.3, 0.4) is 0 Å². The zero-order chi connectivity index (χ0) is 13.4. The maximum absolute atomic E-state index is 6.09. The molecule has 3 rings (SSSR count). The van der Waals surface area contributed by atoms with Gasteiger partial charge in [0.05, 0.1) is 18.5 Å². The Bertz CT molecular complexity index is 585. The van der Waals surface area contributed by atoms with Crippen molar-refractivity contribution in [3.63, 3.8) is 0 Å². The monoisotopic (exact) mass is 257 g/mol. The lowest BCUT2D eigenvalue weighted by molar-refractivity contribution is 0.406. The van der Waals surface area contributed by atoms with Gasteiger partial charge < -0.3 is 10.5 Å². The summed E-state index contributed by atoms with van der Waals surface area (Å²) in [4.78, 5) is 0. The van der Waals surface area contributed by atoms with Crippen LogP contribution < -0.4 is 10.5 Å². The molecule has 19 heavy (non-hydrogen) atoms. The summed E-state index contributed by atoms with van der Waals surface area (Å²) < 4.78 is 7.33. The van der Waals surface area contributed by atoms with Gasteiger partial charge >= 0.3 is 0 Å². The van der Waals surface area contributed by atoms with E-state index in [4.69, 9.17) is 10.5 Å². The van der Waals surface area contributed by atoms with Gasteiger partial charge in [0.1, 0.15) is 5.75 Å². The summed E-state index contributed by atoms with van der Waals surface area (Å²) in [5.74, 6) is 1.47. The molecule has 0 aliphatic heterocycles. The zero-order valence-corrected chi connectivity index (χ0v) is 11.3. The average Bonchev–Trinajstić information content (AvgIpc) is 3.15. The number of nitrogens with two attached hydrogens (primary N) is 1. The highest BCUT2D eigenvalue weighted by Gasteiger charge is 2.26. The van der Waals surface area contributed by atoms with Gasteiger partial charge in [-0.3, -0.25) is 0 Å². The first-order chi connectivity index (χ1) is 9.20. The normalized spacial score (nSPS) is 16.4. The minimum Gasteiger partial charge on any atom is -0.496 e. The number of methoxy groups -OCH3 is 1. The second-order valence-electron chi connectivity index (χ2n) is 5.14. The Morgan fingerprint density at radius 2 is 2.16 bits per heavy atom. The number of benzene rings is 1. The van der Waals surface area contributed by atoms with Gasteiger partial charge in [0.15, 0.2) is 0 Å². The molecular formula is C15H19N3O. The third-order valence-corrected chi connectivity index (χ3v) is 3.57. The fraction of sp³-hybridized carbons (Fsp3) is 0.400. The van der Waals surface area contributed by atoms with E-state index in [0.29, 0.717) is 5.92 Å². The Balaban J connectivity index is 2.07. The molecular weight excluding hydrogens is 238 g/mol. The summed E-state index contributed by atoms with van der Waals surface area (Å²) in [6.07, 6.45) is 4.53. The highest BCUT2D eigenvalue weighted by Crippen LogP contribution is 2.39. The van der Waals surface area contributed by atoms with Crippen LogP contribution in [0.5, 0.6) is 5.75 Å². The van der Waals surface area contributed by atoms with Crippen LogP contribution in [-0.2, 0) is 0 Å². The maximum atomic E-state index is 6.09. The van der Waals surface area contributed by atoms with Crippen LogP contribution >= 0.6 is 0 Å². The number of ether oxygens (including phenoxy) is 1. The third kappa shape index (κ3) is 2.24. The van der Waals surface area contributed by atoms with E-state index in [9.17, 15) is 0 Å². The molecule has 0 saturated heterocycles. The summed E-state index contributed by atoms with van der Waals surface area (Å²) in [6, 6.07) is 7.94. The molecule has 1 atom stereocenters. The van der Waals surface area contributed by atoms with E-state index in [1.165, 1.54) is 18.5 Å². The molecule has 1 aliphatic carbocycles. The third-order valence-electron chi connectivity index (χ3n) is 3.57. The minimum absolute atomic E-state index is 0.0975. The number of hydrogen-bond acceptors (Lipinski definition) is 3. The van der Waals surface area contributed by atoms with E-state index < -0.39 is 0 Å². The average molecular weight is 257 g/mol. The highest BCUT2D eigenvalue weighted by atomic mass is 16.5. The van der Waals surface area contributed by atoms with Crippen LogP contribution in [0.4, 0.5) is 0 Å². The summed E-state index contributed by atoms with van der Waals surface area (Å²) in [5, 5.41) is 4.67. The van der Waals surface area contributed by atoms with E-state index in [2.05, 4.69) is 11.2 Å². The molecule has 2 N–H and O–H groups in total. The fourth-order valence-electron chi connectivity index (χ4n) is 2.44. The van der Waals surface area contributed by atoms with E-state index in [1.807, 2.05) is 36.0 Å². The molecule has 1 heterocycles. The first-order valence-corrected chi connectivity index (χ1v) is 6.69. The molecule has 2 aromatic rings. The van der Waals surface area contributed by atoms with Crippen molar-refractivity contribution < 1.29 is 4.74 Å². The predicted molar refractivity (Wildman–Crippen MR) is 74.7 cm³/mol. The zero-order valence-electron chi connectivity index (χ0n) is 11.3. The molecule has 0 radical (unpaired) electrons. The van der Waals surface area contributed by atoms with E-state index in [0.717, 1.165) is 17.0 Å². The molecule has 1 saturated carbocycles. The number of hydrogen-bond donors (Lipinski definition) is 1. The molecule has 1 aliphatic rings. The van der Waals surface area contributed by atoms with Crippen molar-refractivity contribution in [1.29, 1.82) is 0 Å². The summed E-state index contributed by atoms with van der Waals surface area (Å²) >= 11 is 0. The standard InChI is InChI=1S/C15H19N3O/c1-10(16)15-13(4-3-5-14(15)19-2)18-9-8-12(17-18)11-6-7-11/h3-5,8-11H,6-7,16H2,1-2H3. The number of nitrogens with zero attached hydrogens (tertiary/aromatic N) is 2. The second kappa shape index (κ2) is 4.70. The van der Waals surface area contributed by atoms with Crippen LogP contribution in [0.1, 0.15) is 43.0 Å². The number of rotatable bonds is 4. The molecule has 0 amide bonds. The van der Waals surface area contributed by atoms with Gasteiger partial charge in [-0.1, -0.05) is 6.07 Å². The van der Waals surface area contributed by atoms with E-state index in [-0.39, 0.29) is 6.04 Å². The lowest BCUT2D eigenvalue weighted by Crippen LogP contribution is -2.12.